The highest BCUT2D eigenvalue weighted by Gasteiger charge is 2.11. The van der Waals surface area contributed by atoms with Crippen LogP contribution in [0.2, 0.25) is 0 Å². The topological polar surface area (TPSA) is 57.3 Å². The lowest BCUT2D eigenvalue weighted by Crippen LogP contribution is -2.43. The molecule has 0 saturated carbocycles. The smallest absolute Gasteiger partial charge is 0.235 e. The van der Waals surface area contributed by atoms with Crippen LogP contribution >= 0.6 is 24.2 Å². The molecule has 0 atom stereocenters. The van der Waals surface area contributed by atoms with E-state index in [0.717, 1.165) is 36.8 Å². The summed E-state index contributed by atoms with van der Waals surface area (Å²) in [5.74, 6) is 0.939. The molecule has 7 heteroatoms. The van der Waals surface area contributed by atoms with Crippen molar-refractivity contribution in [3.63, 3.8) is 0 Å². The maximum absolute atomic E-state index is 12.0. The molecule has 2 aromatic rings. The fraction of sp³-hybridized carbons (Fsp3) is 0.294. The first-order chi connectivity index (χ1) is 11.3. The SMILES string of the molecule is Cl.O=C(CSc1ccccc1)Nc1ccc(N2CCNCC2)cn1. The third-order valence-corrected chi connectivity index (χ3v) is 4.62. The van der Waals surface area contributed by atoms with E-state index in [1.54, 1.807) is 0 Å². The minimum absolute atomic E-state index is 0. The van der Waals surface area contributed by atoms with E-state index in [0.29, 0.717) is 11.6 Å². The van der Waals surface area contributed by atoms with E-state index in [1.807, 2.05) is 48.7 Å². The van der Waals surface area contributed by atoms with E-state index in [4.69, 9.17) is 0 Å². The summed E-state index contributed by atoms with van der Waals surface area (Å²) < 4.78 is 0. The highest BCUT2D eigenvalue weighted by atomic mass is 35.5. The van der Waals surface area contributed by atoms with E-state index in [9.17, 15) is 4.79 Å². The summed E-state index contributed by atoms with van der Waals surface area (Å²) in [6.07, 6.45) is 1.82. The number of anilines is 2. The summed E-state index contributed by atoms with van der Waals surface area (Å²) in [4.78, 5) is 19.7. The zero-order valence-corrected chi connectivity index (χ0v) is 14.9. The summed E-state index contributed by atoms with van der Waals surface area (Å²) in [7, 11) is 0. The molecule has 0 radical (unpaired) electrons. The van der Waals surface area contributed by atoms with Gasteiger partial charge in [-0.15, -0.1) is 24.2 Å². The second kappa shape index (κ2) is 9.52. The summed E-state index contributed by atoms with van der Waals surface area (Å²) in [5.41, 5.74) is 1.10. The van der Waals surface area contributed by atoms with Gasteiger partial charge in [0, 0.05) is 31.1 Å². The van der Waals surface area contributed by atoms with Gasteiger partial charge in [-0.25, -0.2) is 4.98 Å². The van der Waals surface area contributed by atoms with Crippen LogP contribution < -0.4 is 15.5 Å². The number of amides is 1. The second-order valence-electron chi connectivity index (χ2n) is 5.29. The van der Waals surface area contributed by atoms with Gasteiger partial charge in [0.25, 0.3) is 0 Å². The van der Waals surface area contributed by atoms with E-state index < -0.39 is 0 Å². The molecule has 24 heavy (non-hydrogen) atoms. The molecular weight excluding hydrogens is 344 g/mol. The molecular formula is C17H21ClN4OS. The lowest BCUT2D eigenvalue weighted by Gasteiger charge is -2.29. The van der Waals surface area contributed by atoms with Crippen molar-refractivity contribution in [1.82, 2.24) is 10.3 Å². The predicted molar refractivity (Wildman–Crippen MR) is 102 cm³/mol. The van der Waals surface area contributed by atoms with Crippen LogP contribution in [0.5, 0.6) is 0 Å². The Morgan fingerprint density at radius 3 is 2.58 bits per heavy atom. The van der Waals surface area contributed by atoms with Gasteiger partial charge < -0.3 is 15.5 Å². The molecule has 3 rings (SSSR count). The number of carbonyl (C=O) groups excluding carboxylic acids is 1. The Balaban J connectivity index is 0.00000208. The van der Waals surface area contributed by atoms with Crippen LogP contribution in [0.1, 0.15) is 0 Å². The number of hydrogen-bond donors (Lipinski definition) is 2. The van der Waals surface area contributed by atoms with Crippen molar-refractivity contribution in [3.05, 3.63) is 48.7 Å². The summed E-state index contributed by atoms with van der Waals surface area (Å²) in [6, 6.07) is 13.8. The number of rotatable bonds is 5. The average Bonchev–Trinajstić information content (AvgIpc) is 2.62. The van der Waals surface area contributed by atoms with Crippen LogP contribution in [-0.4, -0.2) is 42.8 Å². The van der Waals surface area contributed by atoms with E-state index in [-0.39, 0.29) is 18.3 Å². The van der Waals surface area contributed by atoms with Crippen LogP contribution in [-0.2, 0) is 4.79 Å². The standard InChI is InChI=1S/C17H20N4OS.ClH/c22-17(13-23-15-4-2-1-3-5-15)20-16-7-6-14(12-19-16)21-10-8-18-9-11-21;/h1-7,12,18H,8-11,13H2,(H,19,20,22);1H. The van der Waals surface area contributed by atoms with Gasteiger partial charge >= 0.3 is 0 Å². The van der Waals surface area contributed by atoms with Crippen LogP contribution in [0, 0.1) is 0 Å². The third-order valence-electron chi connectivity index (χ3n) is 3.61. The monoisotopic (exact) mass is 364 g/mol. The molecule has 1 aromatic carbocycles. The van der Waals surface area contributed by atoms with Crippen LogP contribution in [0.25, 0.3) is 0 Å². The maximum Gasteiger partial charge on any atom is 0.235 e. The first-order valence-corrected chi connectivity index (χ1v) is 8.69. The summed E-state index contributed by atoms with van der Waals surface area (Å²) >= 11 is 1.52. The Bertz CT molecular complexity index is 633. The Morgan fingerprint density at radius 2 is 1.92 bits per heavy atom. The number of piperazine rings is 1. The predicted octanol–water partition coefficient (Wildman–Crippen LogP) is 2.64. The van der Waals surface area contributed by atoms with Crippen molar-refractivity contribution >= 4 is 41.6 Å². The molecule has 1 fully saturated rings. The van der Waals surface area contributed by atoms with Gasteiger partial charge in [0.1, 0.15) is 5.82 Å². The summed E-state index contributed by atoms with van der Waals surface area (Å²) in [5, 5.41) is 6.17. The number of aromatic nitrogens is 1. The molecule has 1 aromatic heterocycles. The largest absolute Gasteiger partial charge is 0.368 e. The van der Waals surface area contributed by atoms with Crippen molar-refractivity contribution in [2.24, 2.45) is 0 Å². The third kappa shape index (κ3) is 5.40. The molecule has 1 aliphatic rings. The van der Waals surface area contributed by atoms with Gasteiger partial charge in [0.05, 0.1) is 17.6 Å². The van der Waals surface area contributed by atoms with Gasteiger partial charge in [0.2, 0.25) is 5.91 Å². The van der Waals surface area contributed by atoms with Crippen LogP contribution in [0.4, 0.5) is 11.5 Å². The van der Waals surface area contributed by atoms with Gasteiger partial charge in [0.15, 0.2) is 0 Å². The number of carbonyl (C=O) groups is 1. The highest BCUT2D eigenvalue weighted by molar-refractivity contribution is 8.00. The Labute approximate surface area is 152 Å². The van der Waals surface area contributed by atoms with Crippen molar-refractivity contribution in [1.29, 1.82) is 0 Å². The number of halogens is 1. The zero-order valence-electron chi connectivity index (χ0n) is 13.3. The first-order valence-electron chi connectivity index (χ1n) is 7.71. The summed E-state index contributed by atoms with van der Waals surface area (Å²) in [6.45, 7) is 3.96. The highest BCUT2D eigenvalue weighted by Crippen LogP contribution is 2.18. The van der Waals surface area contributed by atoms with Crippen molar-refractivity contribution in [3.8, 4) is 0 Å². The van der Waals surface area contributed by atoms with Crippen LogP contribution in [0.15, 0.2) is 53.6 Å². The zero-order chi connectivity index (χ0) is 15.9. The molecule has 5 nitrogen and oxygen atoms in total. The fourth-order valence-corrected chi connectivity index (χ4v) is 3.13. The maximum atomic E-state index is 12.0. The Hall–Kier alpha value is -1.76. The molecule has 1 amide bonds. The number of benzene rings is 1. The number of pyridine rings is 1. The van der Waals surface area contributed by atoms with Crippen molar-refractivity contribution in [2.45, 2.75) is 4.90 Å². The molecule has 1 aliphatic heterocycles. The van der Waals surface area contributed by atoms with E-state index >= 15 is 0 Å². The number of nitrogens with one attached hydrogen (secondary N) is 2. The molecule has 1 saturated heterocycles. The van der Waals surface area contributed by atoms with E-state index in [2.05, 4.69) is 20.5 Å². The van der Waals surface area contributed by atoms with Crippen LogP contribution in [0.3, 0.4) is 0 Å². The lowest BCUT2D eigenvalue weighted by atomic mass is 10.3. The first kappa shape index (κ1) is 18.6. The normalized spacial score (nSPS) is 13.9. The Kier molecular flexibility index (Phi) is 7.36. The molecule has 2 N–H and O–H groups in total. The minimum atomic E-state index is -0.0405. The molecule has 128 valence electrons. The quantitative estimate of drug-likeness (QED) is 0.799. The minimum Gasteiger partial charge on any atom is -0.368 e. The molecule has 0 unspecified atom stereocenters. The van der Waals surface area contributed by atoms with Crippen molar-refractivity contribution in [2.75, 3.05) is 42.1 Å². The molecule has 0 aliphatic carbocycles. The van der Waals surface area contributed by atoms with Gasteiger partial charge in [-0.2, -0.15) is 0 Å². The van der Waals surface area contributed by atoms with Crippen molar-refractivity contribution < 1.29 is 4.79 Å². The Morgan fingerprint density at radius 1 is 1.17 bits per heavy atom. The number of thioether (sulfide) groups is 1. The molecule has 0 bridgehead atoms. The number of nitrogens with zero attached hydrogens (tertiary/aromatic N) is 2. The van der Waals surface area contributed by atoms with Gasteiger partial charge in [-0.05, 0) is 24.3 Å². The average molecular weight is 365 g/mol. The second-order valence-corrected chi connectivity index (χ2v) is 6.34. The van der Waals surface area contributed by atoms with Gasteiger partial charge in [-0.3, -0.25) is 4.79 Å². The van der Waals surface area contributed by atoms with Gasteiger partial charge in [-0.1, -0.05) is 18.2 Å². The number of hydrogen-bond acceptors (Lipinski definition) is 5. The fourth-order valence-electron chi connectivity index (χ4n) is 2.41. The van der Waals surface area contributed by atoms with E-state index in [1.165, 1.54) is 11.8 Å². The molecule has 2 heterocycles. The lowest BCUT2D eigenvalue weighted by molar-refractivity contribution is -0.113. The molecule has 0 spiro atoms.